The molecule has 1 aliphatic rings. The molecule has 1 fully saturated rings. The minimum absolute atomic E-state index is 0.186. The molecule has 92 valence electrons. The number of likely N-dealkylation sites (tertiary alicyclic amines) is 1. The number of carbonyl (C=O) groups excluding carboxylic acids is 2. The van der Waals surface area contributed by atoms with Crippen molar-refractivity contribution in [3.8, 4) is 0 Å². The molecule has 4 atom stereocenters. The first-order chi connectivity index (χ1) is 7.34. The van der Waals surface area contributed by atoms with E-state index in [0.29, 0.717) is 0 Å². The van der Waals surface area contributed by atoms with Gasteiger partial charge < -0.3 is 20.4 Å². The van der Waals surface area contributed by atoms with Crippen LogP contribution in [0.25, 0.3) is 0 Å². The van der Waals surface area contributed by atoms with Gasteiger partial charge in [-0.05, 0) is 6.92 Å². The minimum atomic E-state index is -1.05. The van der Waals surface area contributed by atoms with E-state index in [-0.39, 0.29) is 18.4 Å². The first kappa shape index (κ1) is 12.9. The van der Waals surface area contributed by atoms with Crippen molar-refractivity contribution in [3.63, 3.8) is 0 Å². The topological polar surface area (TPSA) is 89.9 Å². The predicted molar refractivity (Wildman–Crippen MR) is 56.5 cm³/mol. The van der Waals surface area contributed by atoms with Crippen LogP contribution in [0.3, 0.4) is 0 Å². The Balaban J connectivity index is 2.80. The Labute approximate surface area is 94.2 Å². The highest BCUT2D eigenvalue weighted by Gasteiger charge is 2.41. The molecule has 16 heavy (non-hydrogen) atoms. The predicted octanol–water partition coefficient (Wildman–Crippen LogP) is -1.54. The van der Waals surface area contributed by atoms with E-state index in [0.717, 1.165) is 0 Å². The molecule has 0 aromatic heterocycles. The monoisotopic (exact) mass is 230 g/mol. The molecule has 1 saturated heterocycles. The van der Waals surface area contributed by atoms with Gasteiger partial charge >= 0.3 is 0 Å². The Morgan fingerprint density at radius 2 is 1.81 bits per heavy atom. The number of amides is 2. The summed E-state index contributed by atoms with van der Waals surface area (Å²) >= 11 is 0. The fourth-order valence-corrected chi connectivity index (χ4v) is 2.00. The number of hydrogen-bond donors (Lipinski definition) is 3. The maximum Gasteiger partial charge on any atom is 0.219 e. The second-order valence-corrected chi connectivity index (χ2v) is 4.20. The standard InChI is InChI=1S/C10H18N2O4/c1-5-9(15)10(16)8(11-6(2)13)4-12(5)7(3)14/h5,8-10,15-16H,4H2,1-3H3,(H,11,13). The second-order valence-electron chi connectivity index (χ2n) is 4.20. The number of piperidine rings is 1. The summed E-state index contributed by atoms with van der Waals surface area (Å²) in [5.74, 6) is -0.483. The van der Waals surface area contributed by atoms with Gasteiger partial charge in [0.1, 0.15) is 12.2 Å². The fourth-order valence-electron chi connectivity index (χ4n) is 2.00. The van der Waals surface area contributed by atoms with Crippen molar-refractivity contribution in [2.24, 2.45) is 0 Å². The maximum absolute atomic E-state index is 11.3. The zero-order chi connectivity index (χ0) is 12.5. The van der Waals surface area contributed by atoms with E-state index in [1.165, 1.54) is 18.7 Å². The molecular weight excluding hydrogens is 212 g/mol. The molecule has 2 amide bonds. The van der Waals surface area contributed by atoms with E-state index in [1.54, 1.807) is 6.92 Å². The lowest BCUT2D eigenvalue weighted by molar-refractivity contribution is -0.146. The van der Waals surface area contributed by atoms with Crippen LogP contribution in [0.1, 0.15) is 20.8 Å². The third-order valence-electron chi connectivity index (χ3n) is 2.93. The molecule has 1 aliphatic heterocycles. The molecule has 0 aliphatic carbocycles. The molecule has 0 radical (unpaired) electrons. The lowest BCUT2D eigenvalue weighted by Gasteiger charge is -2.43. The van der Waals surface area contributed by atoms with Crippen molar-refractivity contribution < 1.29 is 19.8 Å². The van der Waals surface area contributed by atoms with Crippen molar-refractivity contribution in [1.82, 2.24) is 10.2 Å². The normalized spacial score (nSPS) is 34.7. The minimum Gasteiger partial charge on any atom is -0.388 e. The van der Waals surface area contributed by atoms with Gasteiger partial charge in [0.15, 0.2) is 0 Å². The summed E-state index contributed by atoms with van der Waals surface area (Å²) in [6, 6.07) is -1.06. The zero-order valence-corrected chi connectivity index (χ0v) is 9.67. The van der Waals surface area contributed by atoms with E-state index >= 15 is 0 Å². The summed E-state index contributed by atoms with van der Waals surface area (Å²) in [7, 11) is 0. The lowest BCUT2D eigenvalue weighted by atomic mass is 9.93. The van der Waals surface area contributed by atoms with Crippen LogP contribution in [-0.2, 0) is 9.59 Å². The van der Waals surface area contributed by atoms with E-state index in [2.05, 4.69) is 5.32 Å². The van der Waals surface area contributed by atoms with Gasteiger partial charge in [-0.1, -0.05) is 0 Å². The van der Waals surface area contributed by atoms with Gasteiger partial charge in [-0.15, -0.1) is 0 Å². The van der Waals surface area contributed by atoms with Crippen molar-refractivity contribution in [2.45, 2.75) is 45.1 Å². The molecule has 0 aromatic carbocycles. The third kappa shape index (κ3) is 2.51. The molecule has 1 heterocycles. The van der Waals surface area contributed by atoms with Gasteiger partial charge in [-0.3, -0.25) is 9.59 Å². The summed E-state index contributed by atoms with van der Waals surface area (Å²) in [4.78, 5) is 23.7. The van der Waals surface area contributed by atoms with Crippen molar-refractivity contribution in [2.75, 3.05) is 6.54 Å². The molecule has 0 saturated carbocycles. The van der Waals surface area contributed by atoms with Crippen LogP contribution in [0.4, 0.5) is 0 Å². The summed E-state index contributed by atoms with van der Waals surface area (Å²) in [5, 5.41) is 22.0. The van der Waals surface area contributed by atoms with Crippen LogP contribution in [0, 0.1) is 0 Å². The first-order valence-corrected chi connectivity index (χ1v) is 5.25. The SMILES string of the molecule is CC(=O)NC1CN(C(C)=O)C(C)C(O)C1O. The van der Waals surface area contributed by atoms with Gasteiger partial charge in [0, 0.05) is 20.4 Å². The van der Waals surface area contributed by atoms with Crippen molar-refractivity contribution in [1.29, 1.82) is 0 Å². The Kier molecular flexibility index (Phi) is 3.88. The van der Waals surface area contributed by atoms with Crippen LogP contribution in [0.2, 0.25) is 0 Å². The number of nitrogens with zero attached hydrogens (tertiary/aromatic N) is 1. The average molecular weight is 230 g/mol. The lowest BCUT2D eigenvalue weighted by Crippen LogP contribution is -2.65. The number of aliphatic hydroxyl groups is 2. The summed E-state index contributed by atoms with van der Waals surface area (Å²) < 4.78 is 0. The van der Waals surface area contributed by atoms with Gasteiger partial charge in [0.2, 0.25) is 11.8 Å². The Hall–Kier alpha value is -1.14. The van der Waals surface area contributed by atoms with Crippen LogP contribution in [-0.4, -0.2) is 57.8 Å². The van der Waals surface area contributed by atoms with E-state index < -0.39 is 24.3 Å². The summed E-state index contributed by atoms with van der Waals surface area (Å²) in [5.41, 5.74) is 0. The van der Waals surface area contributed by atoms with Gasteiger partial charge in [-0.2, -0.15) is 0 Å². The Bertz CT molecular complexity index is 293. The number of hydrogen-bond acceptors (Lipinski definition) is 4. The molecule has 6 nitrogen and oxygen atoms in total. The van der Waals surface area contributed by atoms with Crippen molar-refractivity contribution >= 4 is 11.8 Å². The molecule has 3 N–H and O–H groups in total. The van der Waals surface area contributed by atoms with Crippen LogP contribution < -0.4 is 5.32 Å². The zero-order valence-electron chi connectivity index (χ0n) is 9.67. The quantitative estimate of drug-likeness (QED) is 0.509. The Morgan fingerprint density at radius 1 is 1.25 bits per heavy atom. The fraction of sp³-hybridized carbons (Fsp3) is 0.800. The highest BCUT2D eigenvalue weighted by atomic mass is 16.3. The van der Waals surface area contributed by atoms with Gasteiger partial charge in [0.25, 0.3) is 0 Å². The molecule has 0 spiro atoms. The highest BCUT2D eigenvalue weighted by molar-refractivity contribution is 5.75. The van der Waals surface area contributed by atoms with E-state index in [9.17, 15) is 19.8 Å². The van der Waals surface area contributed by atoms with Crippen LogP contribution in [0.5, 0.6) is 0 Å². The molecular formula is C10H18N2O4. The van der Waals surface area contributed by atoms with E-state index in [1.807, 2.05) is 0 Å². The molecule has 1 rings (SSSR count). The largest absolute Gasteiger partial charge is 0.388 e. The maximum atomic E-state index is 11.3. The summed E-state index contributed by atoms with van der Waals surface area (Å²) in [6.45, 7) is 4.61. The smallest absolute Gasteiger partial charge is 0.219 e. The molecule has 0 bridgehead atoms. The average Bonchev–Trinajstić information content (AvgIpc) is 2.18. The van der Waals surface area contributed by atoms with Crippen molar-refractivity contribution in [3.05, 3.63) is 0 Å². The third-order valence-corrected chi connectivity index (χ3v) is 2.93. The van der Waals surface area contributed by atoms with Crippen LogP contribution >= 0.6 is 0 Å². The van der Waals surface area contributed by atoms with Gasteiger partial charge in [0.05, 0.1) is 12.1 Å². The highest BCUT2D eigenvalue weighted by Crippen LogP contribution is 2.18. The first-order valence-electron chi connectivity index (χ1n) is 5.25. The molecule has 6 heteroatoms. The van der Waals surface area contributed by atoms with E-state index in [4.69, 9.17) is 0 Å². The summed E-state index contributed by atoms with van der Waals surface area (Å²) in [6.07, 6.45) is -2.09. The number of rotatable bonds is 1. The van der Waals surface area contributed by atoms with Crippen LogP contribution in [0.15, 0.2) is 0 Å². The van der Waals surface area contributed by atoms with Gasteiger partial charge in [-0.25, -0.2) is 0 Å². The molecule has 0 aromatic rings. The number of carbonyl (C=O) groups is 2. The number of aliphatic hydroxyl groups excluding tert-OH is 2. The number of nitrogens with one attached hydrogen (secondary N) is 1. The molecule has 4 unspecified atom stereocenters. The second kappa shape index (κ2) is 4.80. The Morgan fingerprint density at radius 3 is 2.25 bits per heavy atom.